The van der Waals surface area contributed by atoms with E-state index in [9.17, 15) is 5.11 Å². The van der Waals surface area contributed by atoms with E-state index in [4.69, 9.17) is 0 Å². The monoisotopic (exact) mass is 200 g/mol. The summed E-state index contributed by atoms with van der Waals surface area (Å²) in [5.41, 5.74) is 3.38. The van der Waals surface area contributed by atoms with Crippen molar-refractivity contribution in [3.63, 3.8) is 0 Å². The normalized spacial score (nSPS) is 15.2. The Kier molecular flexibility index (Phi) is 1.88. The van der Waals surface area contributed by atoms with Crippen LogP contribution in [0.5, 0.6) is 5.75 Å². The van der Waals surface area contributed by atoms with Crippen LogP contribution in [0, 0.1) is 0 Å². The lowest BCUT2D eigenvalue weighted by Crippen LogP contribution is -2.19. The number of aromatic amines is 1. The summed E-state index contributed by atoms with van der Waals surface area (Å²) in [4.78, 5) is 3.43. The minimum Gasteiger partial charge on any atom is -0.507 e. The molecule has 2 nitrogen and oxygen atoms in total. The molecule has 0 radical (unpaired) electrons. The van der Waals surface area contributed by atoms with Crippen molar-refractivity contribution in [1.29, 1.82) is 0 Å². The van der Waals surface area contributed by atoms with Gasteiger partial charge in [-0.1, -0.05) is 12.1 Å². The molecule has 0 aliphatic heterocycles. The Morgan fingerprint density at radius 2 is 1.87 bits per heavy atom. The molecule has 0 fully saturated rings. The second kappa shape index (κ2) is 3.23. The average molecular weight is 200 g/mol. The van der Waals surface area contributed by atoms with Crippen molar-refractivity contribution in [2.45, 2.75) is 25.7 Å². The van der Waals surface area contributed by atoms with Gasteiger partial charge in [-0.05, 0) is 25.3 Å². The van der Waals surface area contributed by atoms with Crippen molar-refractivity contribution in [2.75, 3.05) is 0 Å². The van der Waals surface area contributed by atoms with Crippen LogP contribution in [0.15, 0.2) is 24.3 Å². The van der Waals surface area contributed by atoms with Gasteiger partial charge in [-0.25, -0.2) is 4.98 Å². The zero-order valence-corrected chi connectivity index (χ0v) is 8.59. The lowest BCUT2D eigenvalue weighted by Gasteiger charge is -2.12. The van der Waals surface area contributed by atoms with E-state index in [1.54, 1.807) is 0 Å². The Morgan fingerprint density at radius 3 is 2.80 bits per heavy atom. The first-order valence-electron chi connectivity index (χ1n) is 5.51. The van der Waals surface area contributed by atoms with Gasteiger partial charge in [-0.3, -0.25) is 0 Å². The molecule has 2 heteroatoms. The fourth-order valence-corrected chi connectivity index (χ4v) is 2.43. The van der Waals surface area contributed by atoms with E-state index in [1.807, 2.05) is 24.3 Å². The van der Waals surface area contributed by atoms with Crippen LogP contribution in [0.1, 0.15) is 24.1 Å². The van der Waals surface area contributed by atoms with Gasteiger partial charge in [-0.15, -0.1) is 0 Å². The molecule has 2 aromatic rings. The Hall–Kier alpha value is -1.57. The van der Waals surface area contributed by atoms with Crippen LogP contribution in [0.3, 0.4) is 0 Å². The molecule has 0 unspecified atom stereocenters. The molecule has 0 atom stereocenters. The first-order valence-corrected chi connectivity index (χ1v) is 5.51. The molecule has 1 aliphatic carbocycles. The summed E-state index contributed by atoms with van der Waals surface area (Å²) in [5.74, 6) is 0.485. The number of hydrogen-bond donors (Lipinski definition) is 1. The van der Waals surface area contributed by atoms with Gasteiger partial charge in [0.15, 0.2) is 5.69 Å². The number of aromatic hydroxyl groups is 1. The molecule has 0 bridgehead atoms. The molecule has 1 aromatic heterocycles. The molecule has 1 aliphatic rings. The Balaban J connectivity index is 2.36. The number of H-pyrrole nitrogens is 1. The molecular weight excluding hydrogens is 186 g/mol. The summed E-state index contributed by atoms with van der Waals surface area (Å²) in [6.45, 7) is 0. The predicted octanol–water partition coefficient (Wildman–Crippen LogP) is 2.24. The van der Waals surface area contributed by atoms with Crippen molar-refractivity contribution < 1.29 is 10.1 Å². The van der Waals surface area contributed by atoms with Crippen molar-refractivity contribution in [3.8, 4) is 5.75 Å². The number of pyridine rings is 1. The third-order valence-electron chi connectivity index (χ3n) is 3.22. The lowest BCUT2D eigenvalue weighted by atomic mass is 9.94. The van der Waals surface area contributed by atoms with Gasteiger partial charge in [0.05, 0.1) is 10.9 Å². The van der Waals surface area contributed by atoms with E-state index in [-0.39, 0.29) is 0 Å². The van der Waals surface area contributed by atoms with E-state index >= 15 is 0 Å². The highest BCUT2D eigenvalue weighted by molar-refractivity contribution is 5.83. The SMILES string of the molecule is Oc1c2c([nH+]c3ccccc13)CCCC2. The van der Waals surface area contributed by atoms with Crippen LogP contribution < -0.4 is 4.98 Å². The highest BCUT2D eigenvalue weighted by atomic mass is 16.3. The summed E-state index contributed by atoms with van der Waals surface area (Å²) < 4.78 is 0. The van der Waals surface area contributed by atoms with Crippen molar-refractivity contribution in [1.82, 2.24) is 0 Å². The lowest BCUT2D eigenvalue weighted by molar-refractivity contribution is -0.359. The maximum absolute atomic E-state index is 10.2. The van der Waals surface area contributed by atoms with E-state index in [1.165, 1.54) is 18.5 Å². The van der Waals surface area contributed by atoms with Crippen molar-refractivity contribution in [3.05, 3.63) is 35.5 Å². The van der Waals surface area contributed by atoms with Gasteiger partial charge in [-0.2, -0.15) is 0 Å². The van der Waals surface area contributed by atoms with E-state index in [0.717, 1.165) is 29.3 Å². The van der Waals surface area contributed by atoms with E-state index < -0.39 is 0 Å². The number of aromatic nitrogens is 1. The molecular formula is C13H14NO+. The quantitative estimate of drug-likeness (QED) is 0.695. The second-order valence-electron chi connectivity index (χ2n) is 4.18. The zero-order chi connectivity index (χ0) is 10.3. The van der Waals surface area contributed by atoms with Gasteiger partial charge < -0.3 is 5.11 Å². The number of nitrogens with one attached hydrogen (secondary N) is 1. The minimum absolute atomic E-state index is 0.485. The minimum atomic E-state index is 0.485. The first kappa shape index (κ1) is 8.72. The van der Waals surface area contributed by atoms with E-state index in [2.05, 4.69) is 4.98 Å². The first-order chi connectivity index (χ1) is 7.36. The Labute approximate surface area is 88.6 Å². The predicted molar refractivity (Wildman–Crippen MR) is 58.8 cm³/mol. The Bertz CT molecular complexity index is 519. The highest BCUT2D eigenvalue weighted by Gasteiger charge is 2.21. The standard InChI is InChI=1S/C13H13NO/c15-13-9-5-1-3-7-11(9)14-12-8-4-2-6-10(12)13/h1,3,5,7H,2,4,6,8H2,(H,14,15)/p+1. The van der Waals surface area contributed by atoms with Crippen LogP contribution >= 0.6 is 0 Å². The van der Waals surface area contributed by atoms with Crippen molar-refractivity contribution >= 4 is 10.9 Å². The summed E-state index contributed by atoms with van der Waals surface area (Å²) in [6.07, 6.45) is 4.48. The van der Waals surface area contributed by atoms with Gasteiger partial charge in [0.2, 0.25) is 5.52 Å². The van der Waals surface area contributed by atoms with Gasteiger partial charge in [0.1, 0.15) is 5.75 Å². The molecule has 15 heavy (non-hydrogen) atoms. The van der Waals surface area contributed by atoms with Crippen LogP contribution in [0.25, 0.3) is 10.9 Å². The Morgan fingerprint density at radius 1 is 1.07 bits per heavy atom. The van der Waals surface area contributed by atoms with Crippen molar-refractivity contribution in [2.24, 2.45) is 0 Å². The smallest absolute Gasteiger partial charge is 0.214 e. The summed E-state index contributed by atoms with van der Waals surface area (Å²) in [6, 6.07) is 7.94. The summed E-state index contributed by atoms with van der Waals surface area (Å²) in [7, 11) is 0. The largest absolute Gasteiger partial charge is 0.507 e. The number of para-hydroxylation sites is 1. The number of rotatable bonds is 0. The molecule has 1 aromatic carbocycles. The third kappa shape index (κ3) is 1.29. The summed E-state index contributed by atoms with van der Waals surface area (Å²) >= 11 is 0. The molecule has 0 amide bonds. The molecule has 0 saturated heterocycles. The average Bonchev–Trinajstić information content (AvgIpc) is 2.30. The third-order valence-corrected chi connectivity index (χ3v) is 3.22. The maximum atomic E-state index is 10.2. The number of aryl methyl sites for hydroxylation is 1. The summed E-state index contributed by atoms with van der Waals surface area (Å²) in [5, 5.41) is 11.1. The second-order valence-corrected chi connectivity index (χ2v) is 4.18. The van der Waals surface area contributed by atoms with Gasteiger partial charge in [0.25, 0.3) is 0 Å². The molecule has 2 N–H and O–H groups in total. The molecule has 0 saturated carbocycles. The molecule has 0 spiro atoms. The van der Waals surface area contributed by atoms with Gasteiger partial charge in [0, 0.05) is 12.5 Å². The number of benzene rings is 1. The van der Waals surface area contributed by atoms with Crippen LogP contribution in [0.2, 0.25) is 0 Å². The fourth-order valence-electron chi connectivity index (χ4n) is 2.43. The highest BCUT2D eigenvalue weighted by Crippen LogP contribution is 2.31. The maximum Gasteiger partial charge on any atom is 0.214 e. The van der Waals surface area contributed by atoms with Crippen LogP contribution in [0.4, 0.5) is 0 Å². The topological polar surface area (TPSA) is 34.4 Å². The molecule has 1 heterocycles. The van der Waals surface area contributed by atoms with Crippen LogP contribution in [-0.2, 0) is 12.8 Å². The zero-order valence-electron chi connectivity index (χ0n) is 8.59. The van der Waals surface area contributed by atoms with Gasteiger partial charge >= 0.3 is 0 Å². The molecule has 3 rings (SSSR count). The molecule has 76 valence electrons. The van der Waals surface area contributed by atoms with Crippen LogP contribution in [-0.4, -0.2) is 5.11 Å². The number of hydrogen-bond acceptors (Lipinski definition) is 1. The number of fused-ring (bicyclic) bond motifs is 2. The van der Waals surface area contributed by atoms with E-state index in [0.29, 0.717) is 5.75 Å². The fraction of sp³-hybridized carbons (Fsp3) is 0.308.